The van der Waals surface area contributed by atoms with Crippen LogP contribution in [0.15, 0.2) is 0 Å². The van der Waals surface area contributed by atoms with E-state index < -0.39 is 7.82 Å². The van der Waals surface area contributed by atoms with Gasteiger partial charge in [0, 0.05) is 0 Å². The van der Waals surface area contributed by atoms with Crippen LogP contribution in [0, 0.1) is 57.2 Å². The number of phosphoric ester groups is 1. The van der Waals surface area contributed by atoms with Gasteiger partial charge in [-0.25, -0.2) is 0 Å². The summed E-state index contributed by atoms with van der Waals surface area (Å²) in [6.07, 6.45) is 4.55. The van der Waals surface area contributed by atoms with Crippen LogP contribution in [0.4, 0.5) is 0 Å². The maximum atomic E-state index is 13.4. The van der Waals surface area contributed by atoms with Gasteiger partial charge < -0.3 is 13.9 Å². The minimum atomic E-state index is -4.42. The molecular formula is C29H54LiO4P. The van der Waals surface area contributed by atoms with Crippen LogP contribution in [0.2, 0.25) is 0 Å². The van der Waals surface area contributed by atoms with Crippen molar-refractivity contribution in [1.82, 2.24) is 0 Å². The molecule has 3 fully saturated rings. The molecule has 0 radical (unpaired) electrons. The number of fused-ring (bicyclic) bond motifs is 2. The van der Waals surface area contributed by atoms with Crippen LogP contribution < -0.4 is 23.8 Å². The summed E-state index contributed by atoms with van der Waals surface area (Å²) in [5.41, 5.74) is 0.338. The van der Waals surface area contributed by atoms with Gasteiger partial charge >= 0.3 is 18.9 Å². The summed E-state index contributed by atoms with van der Waals surface area (Å²) in [7, 11) is -4.42. The molecule has 4 nitrogen and oxygen atoms in total. The fourth-order valence-electron chi connectivity index (χ4n) is 7.33. The molecule has 3 rings (SSSR count). The maximum Gasteiger partial charge on any atom is 1.00 e. The SMILES string of the molecule is CC(C)(C)C1CC2CC3CC(C(C)(C)C)CC(C(C)(C)C)C3OP(=O)([O-])OC2C(C(C)(C)C)C1.[Li+]. The van der Waals surface area contributed by atoms with Crippen molar-refractivity contribution in [2.24, 2.45) is 57.2 Å². The van der Waals surface area contributed by atoms with Crippen LogP contribution in [0.1, 0.15) is 115 Å². The molecule has 1 saturated heterocycles. The zero-order valence-electron chi connectivity index (χ0n) is 25.2. The summed E-state index contributed by atoms with van der Waals surface area (Å²) in [5, 5.41) is 0. The average molecular weight is 505 g/mol. The van der Waals surface area contributed by atoms with Crippen LogP contribution in [-0.4, -0.2) is 12.2 Å². The van der Waals surface area contributed by atoms with E-state index in [9.17, 15) is 9.46 Å². The molecule has 200 valence electrons. The van der Waals surface area contributed by atoms with Crippen molar-refractivity contribution in [3.8, 4) is 0 Å². The first kappa shape index (κ1) is 31.9. The first-order chi connectivity index (χ1) is 15.1. The number of phosphoric acid groups is 1. The second kappa shape index (κ2) is 10.4. The Morgan fingerprint density at radius 1 is 0.571 bits per heavy atom. The number of rotatable bonds is 0. The van der Waals surface area contributed by atoms with Crippen molar-refractivity contribution >= 4 is 7.82 Å². The van der Waals surface area contributed by atoms with Crippen LogP contribution >= 0.6 is 7.82 Å². The molecule has 2 saturated carbocycles. The van der Waals surface area contributed by atoms with Gasteiger partial charge in [0.1, 0.15) is 0 Å². The quantitative estimate of drug-likeness (QED) is 0.340. The van der Waals surface area contributed by atoms with Crippen molar-refractivity contribution in [2.45, 2.75) is 127 Å². The van der Waals surface area contributed by atoms with Gasteiger partial charge in [-0.05, 0) is 89.3 Å². The number of hydrogen-bond acceptors (Lipinski definition) is 4. The van der Waals surface area contributed by atoms with Gasteiger partial charge in [-0.15, -0.1) is 0 Å². The zero-order valence-corrected chi connectivity index (χ0v) is 26.1. The molecule has 0 aromatic carbocycles. The molecular weight excluding hydrogens is 450 g/mol. The van der Waals surface area contributed by atoms with Crippen molar-refractivity contribution in [1.29, 1.82) is 0 Å². The Kier molecular flexibility index (Phi) is 9.45. The van der Waals surface area contributed by atoms with E-state index in [0.717, 1.165) is 32.1 Å². The molecule has 35 heavy (non-hydrogen) atoms. The molecule has 0 N–H and O–H groups in total. The molecule has 0 bridgehead atoms. The van der Waals surface area contributed by atoms with Crippen molar-refractivity contribution in [2.75, 3.05) is 0 Å². The van der Waals surface area contributed by atoms with Gasteiger partial charge in [-0.1, -0.05) is 83.1 Å². The van der Waals surface area contributed by atoms with E-state index >= 15 is 0 Å². The van der Waals surface area contributed by atoms with Crippen molar-refractivity contribution in [3.05, 3.63) is 0 Å². The molecule has 3 aliphatic rings. The van der Waals surface area contributed by atoms with E-state index in [1.165, 1.54) is 0 Å². The molecule has 0 amide bonds. The van der Waals surface area contributed by atoms with Crippen LogP contribution in [0.3, 0.4) is 0 Å². The summed E-state index contributed by atoms with van der Waals surface area (Å²) in [5.74, 6) is 2.01. The number of hydrogen-bond donors (Lipinski definition) is 0. The van der Waals surface area contributed by atoms with E-state index in [1.54, 1.807) is 0 Å². The summed E-state index contributed by atoms with van der Waals surface area (Å²) in [6, 6.07) is 0. The fourth-order valence-corrected chi connectivity index (χ4v) is 8.61. The smallest absolute Gasteiger partial charge is 0.756 e. The first-order valence-corrected chi connectivity index (χ1v) is 15.2. The van der Waals surface area contributed by atoms with Crippen LogP contribution in [0.5, 0.6) is 0 Å². The Balaban J connectivity index is 0.00000432. The van der Waals surface area contributed by atoms with E-state index in [0.29, 0.717) is 11.8 Å². The largest absolute Gasteiger partial charge is 1.00 e. The topological polar surface area (TPSA) is 58.6 Å². The first-order valence-electron chi connectivity index (χ1n) is 13.8. The molecule has 0 aromatic rings. The Morgan fingerprint density at radius 3 is 1.14 bits per heavy atom. The molecule has 0 spiro atoms. The van der Waals surface area contributed by atoms with Gasteiger partial charge in [0.2, 0.25) is 0 Å². The van der Waals surface area contributed by atoms with E-state index in [4.69, 9.17) is 9.05 Å². The molecule has 8 atom stereocenters. The zero-order chi connectivity index (χ0) is 26.1. The third-order valence-electron chi connectivity index (χ3n) is 9.76. The van der Waals surface area contributed by atoms with Crippen LogP contribution in [-0.2, 0) is 13.6 Å². The summed E-state index contributed by atoms with van der Waals surface area (Å²) in [6.45, 7) is 27.5. The average Bonchev–Trinajstić information content (AvgIpc) is 2.58. The van der Waals surface area contributed by atoms with Gasteiger partial charge in [-0.3, -0.25) is 4.57 Å². The minimum Gasteiger partial charge on any atom is -0.756 e. The molecule has 6 heteroatoms. The van der Waals surface area contributed by atoms with E-state index in [2.05, 4.69) is 83.1 Å². The van der Waals surface area contributed by atoms with Gasteiger partial charge in [0.25, 0.3) is 7.82 Å². The summed E-state index contributed by atoms with van der Waals surface area (Å²) < 4.78 is 25.5. The Morgan fingerprint density at radius 2 is 0.886 bits per heavy atom. The fraction of sp³-hybridized carbons (Fsp3) is 1.00. The molecule has 1 heterocycles. The normalized spacial score (nSPS) is 41.6. The second-order valence-corrected chi connectivity index (χ2v) is 17.7. The molecule has 1 aliphatic heterocycles. The van der Waals surface area contributed by atoms with Crippen molar-refractivity contribution < 1.29 is 37.4 Å². The van der Waals surface area contributed by atoms with E-state index in [-0.39, 0.29) is 76.4 Å². The third kappa shape index (κ3) is 7.43. The summed E-state index contributed by atoms with van der Waals surface area (Å²) in [4.78, 5) is 13.4. The Hall–Kier alpha value is 0.707. The standard InChI is InChI=1S/C29H55O4P.Li/c1-26(2,3)20-14-18-13-19-15-21(27(4,5)6)17-23(29(10,11)12)25(19)33-34(30,31)32-24(18)22(16-20)28(7,8)9;/h18-25H,13-17H2,1-12H3,(H,30,31);/q;+1/p-1. The molecule has 0 aromatic heterocycles. The monoisotopic (exact) mass is 504 g/mol. The van der Waals surface area contributed by atoms with Gasteiger partial charge in [-0.2, -0.15) is 0 Å². The maximum absolute atomic E-state index is 13.4. The Labute approximate surface area is 229 Å². The van der Waals surface area contributed by atoms with Gasteiger partial charge in [0.15, 0.2) is 0 Å². The summed E-state index contributed by atoms with van der Waals surface area (Å²) >= 11 is 0. The molecule has 8 unspecified atom stereocenters. The minimum absolute atomic E-state index is 0. The second-order valence-electron chi connectivity index (χ2n) is 16.4. The van der Waals surface area contributed by atoms with Crippen LogP contribution in [0.25, 0.3) is 0 Å². The van der Waals surface area contributed by atoms with Crippen molar-refractivity contribution in [3.63, 3.8) is 0 Å². The molecule has 2 aliphatic carbocycles. The van der Waals surface area contributed by atoms with E-state index in [1.807, 2.05) is 0 Å². The predicted octanol–water partition coefficient (Wildman–Crippen LogP) is 5.10. The predicted molar refractivity (Wildman–Crippen MR) is 139 cm³/mol. The Bertz CT molecular complexity index is 710. The third-order valence-corrected chi connectivity index (χ3v) is 10.8. The van der Waals surface area contributed by atoms with Gasteiger partial charge in [0.05, 0.1) is 12.2 Å².